The average molecular weight is 605 g/mol. The van der Waals surface area contributed by atoms with Gasteiger partial charge in [-0.05, 0) is 67.7 Å². The van der Waals surface area contributed by atoms with Crippen molar-refractivity contribution in [2.45, 2.75) is 31.0 Å². The summed E-state index contributed by atoms with van der Waals surface area (Å²) in [5.74, 6) is -10.6. The number of Topliss-reactive ketones (excluding diaryl/α,β-unsaturated/α-hetero) is 4. The van der Waals surface area contributed by atoms with E-state index < -0.39 is 64.4 Å². The molecule has 0 aromatic heterocycles. The molecule has 3 aliphatic rings. The number of methoxy groups -OCH3 is 1. The molecule has 0 radical (unpaired) electrons. The van der Waals surface area contributed by atoms with Crippen molar-refractivity contribution in [3.05, 3.63) is 47.0 Å². The van der Waals surface area contributed by atoms with Crippen molar-refractivity contribution in [3.8, 4) is 28.9 Å². The Morgan fingerprint density at radius 3 is 2.52 bits per heavy atom. The maximum Gasteiger partial charge on any atom is 0.287 e. The van der Waals surface area contributed by atoms with E-state index in [0.29, 0.717) is 29.0 Å². The Bertz CT molecular complexity index is 1630. The van der Waals surface area contributed by atoms with Crippen molar-refractivity contribution in [2.24, 2.45) is 29.4 Å². The Hall–Kier alpha value is -4.64. The van der Waals surface area contributed by atoms with Gasteiger partial charge in [-0.1, -0.05) is 12.1 Å². The number of hydrogen-bond donors (Lipinski definition) is 4. The molecule has 2 fully saturated rings. The number of nitrogens with zero attached hydrogens (tertiary/aromatic N) is 2. The van der Waals surface area contributed by atoms with Crippen LogP contribution in [-0.4, -0.2) is 83.7 Å². The fraction of sp³-hybridized carbons (Fsp3) is 0.419. The van der Waals surface area contributed by atoms with Crippen molar-refractivity contribution in [1.29, 1.82) is 5.26 Å². The summed E-state index contributed by atoms with van der Waals surface area (Å²) in [6.07, 6.45) is 1.63. The third-order valence-electron chi connectivity index (χ3n) is 9.07. The number of phenolic OH excluding ortho intramolecular Hbond substituents is 1. The molecule has 0 bridgehead atoms. The molecule has 6 unspecified atom stereocenters. The number of nitrogens with two attached hydrogens (primary N) is 1. The highest BCUT2D eigenvalue weighted by molar-refractivity contribution is 6.32. The summed E-state index contributed by atoms with van der Waals surface area (Å²) in [4.78, 5) is 68.5. The third-order valence-corrected chi connectivity index (χ3v) is 9.07. The first-order chi connectivity index (χ1) is 20.9. The molecule has 13 heteroatoms. The number of ketones is 4. The van der Waals surface area contributed by atoms with Gasteiger partial charge in [-0.25, -0.2) is 0 Å². The first kappa shape index (κ1) is 30.8. The van der Waals surface area contributed by atoms with E-state index in [-0.39, 0.29) is 30.9 Å². The molecule has 44 heavy (non-hydrogen) atoms. The maximum atomic E-state index is 14.1. The van der Waals surface area contributed by atoms with Gasteiger partial charge in [-0.3, -0.25) is 34.2 Å². The van der Waals surface area contributed by atoms with Crippen molar-refractivity contribution < 1.29 is 43.7 Å². The van der Waals surface area contributed by atoms with Gasteiger partial charge in [-0.2, -0.15) is 5.26 Å². The number of rotatable bonds is 8. The molecular formula is C31H32N4O9. The van der Waals surface area contributed by atoms with Gasteiger partial charge in [0.2, 0.25) is 5.91 Å². The molecule has 1 amide bonds. The predicted octanol–water partition coefficient (Wildman–Crippen LogP) is 0.0874. The Balaban J connectivity index is 1.61. The minimum absolute atomic E-state index is 0.00468. The maximum absolute atomic E-state index is 14.1. The third kappa shape index (κ3) is 4.62. The van der Waals surface area contributed by atoms with Crippen LogP contribution in [0.3, 0.4) is 0 Å². The van der Waals surface area contributed by atoms with Gasteiger partial charge in [0.05, 0.1) is 24.6 Å². The van der Waals surface area contributed by atoms with E-state index >= 15 is 0 Å². The van der Waals surface area contributed by atoms with Gasteiger partial charge in [-0.15, -0.1) is 0 Å². The molecule has 6 atom stereocenters. The van der Waals surface area contributed by atoms with Crippen molar-refractivity contribution in [2.75, 3.05) is 27.9 Å². The van der Waals surface area contributed by atoms with Crippen LogP contribution in [0.2, 0.25) is 0 Å². The monoisotopic (exact) mass is 604 g/mol. The lowest BCUT2D eigenvalue weighted by molar-refractivity contribution is -0.181. The molecule has 3 aliphatic carbocycles. The molecule has 2 saturated carbocycles. The zero-order valence-corrected chi connectivity index (χ0v) is 24.3. The molecule has 0 heterocycles. The fourth-order valence-electron chi connectivity index (χ4n) is 7.21. The van der Waals surface area contributed by atoms with Crippen molar-refractivity contribution >= 4 is 29.0 Å². The number of aromatic hydroxyl groups is 1. The normalized spacial score (nSPS) is 27.7. The second-order valence-corrected chi connectivity index (χ2v) is 11.6. The summed E-state index contributed by atoms with van der Waals surface area (Å²) >= 11 is 0. The van der Waals surface area contributed by atoms with Gasteiger partial charge < -0.3 is 25.4 Å². The number of fused-ring (bicyclic) bond motifs is 3. The zero-order valence-electron chi connectivity index (χ0n) is 24.3. The summed E-state index contributed by atoms with van der Waals surface area (Å²) in [7, 11) is 4.56. The molecule has 0 saturated heterocycles. The molecule has 0 aliphatic heterocycles. The van der Waals surface area contributed by atoms with Crippen LogP contribution < -0.4 is 15.8 Å². The lowest BCUT2D eigenvalue weighted by Crippen LogP contribution is -2.74. The number of aliphatic hydroxyl groups is 1. The highest BCUT2D eigenvalue weighted by Crippen LogP contribution is 2.52. The van der Waals surface area contributed by atoms with Crippen LogP contribution >= 0.6 is 0 Å². The second kappa shape index (κ2) is 11.5. The second-order valence-electron chi connectivity index (χ2n) is 11.6. The predicted molar refractivity (Wildman–Crippen MR) is 152 cm³/mol. The number of ether oxygens (including phenoxy) is 2. The van der Waals surface area contributed by atoms with Crippen molar-refractivity contribution in [3.63, 3.8) is 0 Å². The molecular weight excluding hydrogens is 572 g/mol. The highest BCUT2D eigenvalue weighted by atomic mass is 16.5. The van der Waals surface area contributed by atoms with Crippen LogP contribution in [-0.2, 0) is 36.9 Å². The van der Waals surface area contributed by atoms with E-state index in [1.165, 1.54) is 32.2 Å². The van der Waals surface area contributed by atoms with Gasteiger partial charge in [0.25, 0.3) is 6.26 Å². The summed E-state index contributed by atoms with van der Waals surface area (Å²) < 4.78 is 10.3. The first-order valence-electron chi connectivity index (χ1n) is 14.0. The van der Waals surface area contributed by atoms with E-state index in [1.54, 1.807) is 18.4 Å². The standard InChI is InChI=1S/C31H32N4O9/c1-35(2)25-19-10-15-9-18-16(17-8-14(4-7-21(17)43-3)11-34-13-44-12-32)5-6-20(36)23(18)26(37)22(15)28(39)31(19,42)29(40)24(27(25)38)30(33)41/h4-8,15,19,22,24-25,34,36,42H,9-11,13H2,1-3H3,(H2,33,41). The van der Waals surface area contributed by atoms with Crippen LogP contribution in [0, 0.1) is 35.2 Å². The molecule has 0 spiro atoms. The topological polar surface area (TPSA) is 209 Å². The number of phenols is 1. The van der Waals surface area contributed by atoms with Crippen LogP contribution in [0.4, 0.5) is 0 Å². The molecule has 13 nitrogen and oxygen atoms in total. The van der Waals surface area contributed by atoms with Gasteiger partial charge >= 0.3 is 0 Å². The van der Waals surface area contributed by atoms with E-state index in [1.807, 2.05) is 12.1 Å². The average Bonchev–Trinajstić information content (AvgIpc) is 2.97. The Morgan fingerprint density at radius 2 is 1.89 bits per heavy atom. The smallest absolute Gasteiger partial charge is 0.287 e. The molecule has 5 rings (SSSR count). The number of amides is 1. The number of likely N-dealkylation sites (N-methyl/N-ethyl adjacent to an activating group) is 1. The van der Waals surface area contributed by atoms with E-state index in [9.17, 15) is 34.2 Å². The summed E-state index contributed by atoms with van der Waals surface area (Å²) in [5.41, 5.74) is 4.91. The van der Waals surface area contributed by atoms with E-state index in [4.69, 9.17) is 15.7 Å². The lowest BCUT2D eigenvalue weighted by Gasteiger charge is -2.52. The Kier molecular flexibility index (Phi) is 8.02. The molecule has 2 aromatic rings. The highest BCUT2D eigenvalue weighted by Gasteiger charge is 2.69. The minimum atomic E-state index is -2.79. The SMILES string of the molecule is COc1ccc(CNCOC#N)cc1-c1ccc(O)c2c1CC1CC3C(N(C)C)C(=O)C(C(N)=O)C(=O)C3(O)C(=O)C1C2=O. The van der Waals surface area contributed by atoms with E-state index in [0.717, 1.165) is 5.56 Å². The van der Waals surface area contributed by atoms with Gasteiger partial charge in [0, 0.05) is 18.0 Å². The molecule has 230 valence electrons. The van der Waals surface area contributed by atoms with Crippen molar-refractivity contribution in [1.82, 2.24) is 10.2 Å². The molecule has 5 N–H and O–H groups in total. The summed E-state index contributed by atoms with van der Waals surface area (Å²) in [6.45, 7) is 0.350. The number of carbonyl (C=O) groups is 5. The lowest BCUT2D eigenvalue weighted by atomic mass is 9.52. The summed E-state index contributed by atoms with van der Waals surface area (Å²) in [6, 6.07) is 7.17. The number of nitriles is 1. The fourth-order valence-corrected chi connectivity index (χ4v) is 7.21. The van der Waals surface area contributed by atoms with E-state index in [2.05, 4.69) is 10.1 Å². The quantitative estimate of drug-likeness (QED) is 0.137. The van der Waals surface area contributed by atoms with Crippen LogP contribution in [0.25, 0.3) is 11.1 Å². The number of carbonyl (C=O) groups excluding carboxylic acids is 5. The first-order valence-corrected chi connectivity index (χ1v) is 14.0. The van der Waals surface area contributed by atoms with Crippen LogP contribution in [0.5, 0.6) is 11.5 Å². The molecule has 2 aromatic carbocycles. The largest absolute Gasteiger partial charge is 0.507 e. The minimum Gasteiger partial charge on any atom is -0.507 e. The Labute approximate surface area is 252 Å². The Morgan fingerprint density at radius 1 is 1.16 bits per heavy atom. The number of primary amides is 1. The van der Waals surface area contributed by atoms with Crippen LogP contribution in [0.15, 0.2) is 30.3 Å². The summed E-state index contributed by atoms with van der Waals surface area (Å²) in [5, 5.41) is 34.2. The van der Waals surface area contributed by atoms with Gasteiger partial charge in [0.1, 0.15) is 11.5 Å². The van der Waals surface area contributed by atoms with Crippen LogP contribution in [0.1, 0.15) is 27.9 Å². The number of hydrogen-bond acceptors (Lipinski definition) is 12. The zero-order chi connectivity index (χ0) is 32.1. The number of benzene rings is 2. The van der Waals surface area contributed by atoms with Gasteiger partial charge in [0.15, 0.2) is 41.4 Å². The number of nitrogens with one attached hydrogen (secondary N) is 1.